The predicted octanol–water partition coefficient (Wildman–Crippen LogP) is 20.9. The van der Waals surface area contributed by atoms with Crippen molar-refractivity contribution in [3.05, 3.63) is 158 Å². The first kappa shape index (κ1) is 92.7. The summed E-state index contributed by atoms with van der Waals surface area (Å²) in [6, 6.07) is 0. The fraction of sp³-hybridized carbons (Fsp3) is 0.620. The van der Waals surface area contributed by atoms with E-state index >= 15 is 0 Å². The second kappa shape index (κ2) is 70.1. The first-order chi connectivity index (χ1) is 47.7. The standard InChI is InChI=1S/C79H128O17P2/c1-5-9-13-17-21-25-29-33-36-40-43-47-51-55-59-63-76(81)89-69-74(95-78(83)65-61-57-53-49-45-39-32-28-24-20-16-12-8-4)71-93-97(85,86)91-67-73(80)68-92-98(87,88)94-72-75(96-79(84)66-62-58-54-50-46-42-38-35-31-27-23-19-15-11-7-3)70-90-77(82)64-60-56-52-48-44-41-37-34-30-26-22-18-14-10-6-2/h9-11,13-16,20-23,25-28,32-38,43-44,47-48,73-75,80H,5-8,12,17-19,24,29-31,39-42,45-46,49-72H2,1-4H3,(H,85,86)(H,87,88)/b13-9-,14-10-,15-11-,20-16-,25-21-,26-22-,27-23-,32-28-,36-33-,37-34-,38-35-,47-43-,48-44-. The molecule has 0 amide bonds. The number of aliphatic hydroxyl groups is 1. The Morgan fingerprint density at radius 2 is 0.531 bits per heavy atom. The molecule has 5 atom stereocenters. The van der Waals surface area contributed by atoms with E-state index in [0.717, 1.165) is 180 Å². The highest BCUT2D eigenvalue weighted by atomic mass is 31.2. The molecule has 0 spiro atoms. The number of ether oxygens (including phenoxy) is 4. The molecule has 0 fully saturated rings. The van der Waals surface area contributed by atoms with Crippen molar-refractivity contribution >= 4 is 39.5 Å². The predicted molar refractivity (Wildman–Crippen MR) is 399 cm³/mol. The van der Waals surface area contributed by atoms with E-state index < -0.39 is 97.5 Å². The third kappa shape index (κ3) is 69.2. The highest BCUT2D eigenvalue weighted by Crippen LogP contribution is 2.45. The third-order valence-corrected chi connectivity index (χ3v) is 16.4. The van der Waals surface area contributed by atoms with Gasteiger partial charge in [-0.1, -0.05) is 231 Å². The van der Waals surface area contributed by atoms with Gasteiger partial charge in [-0.25, -0.2) is 9.13 Å². The minimum Gasteiger partial charge on any atom is -0.462 e. The van der Waals surface area contributed by atoms with Gasteiger partial charge in [-0.3, -0.25) is 37.3 Å². The van der Waals surface area contributed by atoms with Crippen LogP contribution in [-0.4, -0.2) is 96.7 Å². The van der Waals surface area contributed by atoms with Gasteiger partial charge in [-0.15, -0.1) is 0 Å². The van der Waals surface area contributed by atoms with Crippen LogP contribution >= 0.6 is 15.6 Å². The van der Waals surface area contributed by atoms with Gasteiger partial charge in [0.05, 0.1) is 26.4 Å². The summed E-state index contributed by atoms with van der Waals surface area (Å²) in [4.78, 5) is 72.7. The SMILES string of the molecule is CC/C=C\C/C=C\C/C=C\C/C=C\CCCCC(=O)OCC(COP(=O)(O)OCC(O)COP(=O)(O)OCC(COC(=O)CCCC/C=C\C/C=C\C/C=C\C/C=C\CC)OC(=O)CCCCCCC/C=C\C/C=C\CCC)OC(=O)CCCCCCC/C=C\C/C=C\C/C=C\CC. The van der Waals surface area contributed by atoms with E-state index in [1.807, 2.05) is 0 Å². The minimum absolute atomic E-state index is 0.0597. The zero-order valence-corrected chi connectivity index (χ0v) is 62.2. The number of carbonyl (C=O) groups excluding carboxylic acids is 4. The number of unbranched alkanes of at least 4 members (excludes halogenated alkanes) is 15. The number of hydrogen-bond acceptors (Lipinski definition) is 15. The van der Waals surface area contributed by atoms with Crippen molar-refractivity contribution in [2.75, 3.05) is 39.6 Å². The molecule has 0 rings (SSSR count). The fourth-order valence-corrected chi connectivity index (χ4v) is 10.5. The Balaban J connectivity index is 5.46. The molecule has 0 aromatic carbocycles. The number of phosphoric ester groups is 2. The molecule has 0 radical (unpaired) electrons. The van der Waals surface area contributed by atoms with Gasteiger partial charge in [-0.05, 0) is 161 Å². The Bertz CT molecular complexity index is 2480. The molecule has 0 heterocycles. The summed E-state index contributed by atoms with van der Waals surface area (Å²) in [7, 11) is -9.99. The lowest BCUT2D eigenvalue weighted by Crippen LogP contribution is -2.30. The van der Waals surface area contributed by atoms with Crippen LogP contribution in [0.1, 0.15) is 259 Å². The van der Waals surface area contributed by atoms with Gasteiger partial charge in [0.2, 0.25) is 0 Å². The molecule has 0 aromatic heterocycles. The summed E-state index contributed by atoms with van der Waals surface area (Å²) in [5.74, 6) is -2.32. The lowest BCUT2D eigenvalue weighted by atomic mass is 10.1. The number of esters is 4. The fourth-order valence-electron chi connectivity index (χ4n) is 8.96. The minimum atomic E-state index is -5.00. The van der Waals surface area contributed by atoms with Crippen molar-refractivity contribution in [3.63, 3.8) is 0 Å². The van der Waals surface area contributed by atoms with Crippen LogP contribution in [0.4, 0.5) is 0 Å². The highest BCUT2D eigenvalue weighted by Gasteiger charge is 2.30. The maximum absolute atomic E-state index is 13.1. The van der Waals surface area contributed by atoms with Gasteiger partial charge in [0.15, 0.2) is 12.2 Å². The normalized spacial score (nSPS) is 14.9. The van der Waals surface area contributed by atoms with Crippen LogP contribution in [0.15, 0.2) is 158 Å². The van der Waals surface area contributed by atoms with Crippen molar-refractivity contribution in [2.24, 2.45) is 0 Å². The van der Waals surface area contributed by atoms with Gasteiger partial charge >= 0.3 is 39.5 Å². The van der Waals surface area contributed by atoms with Crippen LogP contribution in [0.2, 0.25) is 0 Å². The topological polar surface area (TPSA) is 237 Å². The molecule has 0 aliphatic heterocycles. The summed E-state index contributed by atoms with van der Waals surface area (Å²) >= 11 is 0. The van der Waals surface area contributed by atoms with Crippen LogP contribution in [0, 0.1) is 0 Å². The van der Waals surface area contributed by atoms with Crippen LogP contribution in [0.3, 0.4) is 0 Å². The van der Waals surface area contributed by atoms with Crippen LogP contribution in [0.5, 0.6) is 0 Å². The largest absolute Gasteiger partial charge is 0.472 e. The Kier molecular flexibility index (Phi) is 66.3. The van der Waals surface area contributed by atoms with Crippen molar-refractivity contribution < 1.29 is 80.2 Å². The summed E-state index contributed by atoms with van der Waals surface area (Å²) in [6.45, 7) is 4.29. The molecule has 0 bridgehead atoms. The van der Waals surface area contributed by atoms with E-state index in [4.69, 9.17) is 37.0 Å². The van der Waals surface area contributed by atoms with Gasteiger partial charge in [-0.2, -0.15) is 0 Å². The molecule has 19 heteroatoms. The Morgan fingerprint density at radius 3 is 0.837 bits per heavy atom. The van der Waals surface area contributed by atoms with Gasteiger partial charge in [0.25, 0.3) is 0 Å². The lowest BCUT2D eigenvalue weighted by molar-refractivity contribution is -0.161. The lowest BCUT2D eigenvalue weighted by Gasteiger charge is -2.21. The van der Waals surface area contributed by atoms with E-state index in [2.05, 4.69) is 186 Å². The molecule has 556 valence electrons. The molecule has 0 aliphatic rings. The van der Waals surface area contributed by atoms with E-state index in [9.17, 15) is 43.2 Å². The van der Waals surface area contributed by atoms with Gasteiger partial charge in [0.1, 0.15) is 19.3 Å². The summed E-state index contributed by atoms with van der Waals surface area (Å²) in [6.07, 6.45) is 79.7. The average Bonchev–Trinajstić information content (AvgIpc) is 1.04. The van der Waals surface area contributed by atoms with Gasteiger partial charge < -0.3 is 33.8 Å². The summed E-state index contributed by atoms with van der Waals surface area (Å²) < 4.78 is 68.3. The third-order valence-electron chi connectivity index (χ3n) is 14.4. The van der Waals surface area contributed by atoms with Crippen LogP contribution < -0.4 is 0 Å². The Labute approximate surface area is 591 Å². The van der Waals surface area contributed by atoms with Crippen LogP contribution in [0.25, 0.3) is 0 Å². The van der Waals surface area contributed by atoms with Crippen molar-refractivity contribution in [1.29, 1.82) is 0 Å². The van der Waals surface area contributed by atoms with E-state index in [1.54, 1.807) is 0 Å². The molecule has 0 aliphatic carbocycles. The maximum atomic E-state index is 13.1. The Morgan fingerprint density at radius 1 is 0.296 bits per heavy atom. The summed E-state index contributed by atoms with van der Waals surface area (Å²) in [5.41, 5.74) is 0. The quantitative estimate of drug-likeness (QED) is 0.0169. The van der Waals surface area contributed by atoms with Crippen molar-refractivity contribution in [2.45, 2.75) is 277 Å². The molecule has 0 saturated carbocycles. The molecular weight excluding hydrogens is 1280 g/mol. The average molecular weight is 1410 g/mol. The molecular formula is C79H128O17P2. The monoisotopic (exact) mass is 1410 g/mol. The molecule has 98 heavy (non-hydrogen) atoms. The van der Waals surface area contributed by atoms with E-state index in [1.165, 1.54) is 0 Å². The van der Waals surface area contributed by atoms with Crippen molar-refractivity contribution in [1.82, 2.24) is 0 Å². The molecule has 5 unspecified atom stereocenters. The molecule has 0 saturated heterocycles. The first-order valence-corrected chi connectivity index (χ1v) is 39.7. The number of allylic oxidation sites excluding steroid dienone is 26. The first-order valence-electron chi connectivity index (χ1n) is 36.7. The second-order valence-electron chi connectivity index (χ2n) is 23.7. The number of carbonyl (C=O) groups is 4. The number of rotatable bonds is 67. The number of aliphatic hydroxyl groups excluding tert-OH is 1. The summed E-state index contributed by atoms with van der Waals surface area (Å²) in [5, 5.41) is 10.6. The van der Waals surface area contributed by atoms with Gasteiger partial charge in [0, 0.05) is 25.7 Å². The van der Waals surface area contributed by atoms with E-state index in [-0.39, 0.29) is 25.7 Å². The number of phosphoric acid groups is 2. The van der Waals surface area contributed by atoms with E-state index in [0.29, 0.717) is 25.7 Å². The smallest absolute Gasteiger partial charge is 0.462 e. The molecule has 3 N–H and O–H groups in total. The second-order valence-corrected chi connectivity index (χ2v) is 26.6. The molecule has 17 nitrogen and oxygen atoms in total. The highest BCUT2D eigenvalue weighted by molar-refractivity contribution is 7.47. The molecule has 0 aromatic rings. The van der Waals surface area contributed by atoms with Crippen LogP contribution in [-0.2, 0) is 65.4 Å². The zero-order valence-electron chi connectivity index (χ0n) is 60.4. The zero-order chi connectivity index (χ0) is 71.8. The Hall–Kier alpha value is -5.32. The van der Waals surface area contributed by atoms with Crippen molar-refractivity contribution in [3.8, 4) is 0 Å². The number of hydrogen-bond donors (Lipinski definition) is 3. The maximum Gasteiger partial charge on any atom is 0.472 e.